The summed E-state index contributed by atoms with van der Waals surface area (Å²) in [6.07, 6.45) is 1.48. The third kappa shape index (κ3) is 3.68. The van der Waals surface area contributed by atoms with E-state index in [0.29, 0.717) is 18.8 Å². The number of nitrogens with zero attached hydrogens (tertiary/aromatic N) is 2. The summed E-state index contributed by atoms with van der Waals surface area (Å²) in [4.78, 5) is 29.6. The third-order valence-electron chi connectivity index (χ3n) is 5.06. The minimum atomic E-state index is -0.379. The van der Waals surface area contributed by atoms with Crippen molar-refractivity contribution in [3.8, 4) is 0 Å². The Bertz CT molecular complexity index is 835. The number of anilines is 1. The Labute approximate surface area is 165 Å². The fourth-order valence-electron chi connectivity index (χ4n) is 3.67. The Morgan fingerprint density at radius 1 is 1.11 bits per heavy atom. The van der Waals surface area contributed by atoms with Crippen molar-refractivity contribution in [2.45, 2.75) is 17.7 Å². The summed E-state index contributed by atoms with van der Waals surface area (Å²) in [5.41, 5.74) is 0.449. The summed E-state index contributed by atoms with van der Waals surface area (Å²) in [6.45, 7) is 1.89. The highest BCUT2D eigenvalue weighted by Gasteiger charge is 2.47. The van der Waals surface area contributed by atoms with E-state index in [2.05, 4.69) is 5.32 Å². The zero-order valence-corrected chi connectivity index (χ0v) is 16.3. The molecular formula is C19H20FN3O2S2. The number of benzene rings is 1. The highest BCUT2D eigenvalue weighted by molar-refractivity contribution is 8.00. The molecule has 27 heavy (non-hydrogen) atoms. The van der Waals surface area contributed by atoms with Gasteiger partial charge in [-0.1, -0.05) is 12.1 Å². The van der Waals surface area contributed by atoms with Crippen molar-refractivity contribution in [1.82, 2.24) is 9.80 Å². The molecule has 0 radical (unpaired) electrons. The van der Waals surface area contributed by atoms with Crippen LogP contribution in [0.3, 0.4) is 0 Å². The van der Waals surface area contributed by atoms with E-state index in [1.165, 1.54) is 23.5 Å². The molecule has 8 heteroatoms. The van der Waals surface area contributed by atoms with Gasteiger partial charge in [-0.05, 0) is 42.5 Å². The lowest BCUT2D eigenvalue weighted by Crippen LogP contribution is -2.54. The molecule has 1 N–H and O–H groups in total. The average molecular weight is 406 g/mol. The lowest BCUT2D eigenvalue weighted by atomic mass is 10.0. The molecule has 2 aliphatic heterocycles. The van der Waals surface area contributed by atoms with Gasteiger partial charge >= 0.3 is 6.03 Å². The van der Waals surface area contributed by atoms with Crippen molar-refractivity contribution in [3.05, 3.63) is 52.5 Å². The monoisotopic (exact) mass is 405 g/mol. The van der Waals surface area contributed by atoms with Gasteiger partial charge in [-0.2, -0.15) is 0 Å². The number of hydrogen-bond donors (Lipinski definition) is 1. The molecule has 142 valence electrons. The first-order valence-electron chi connectivity index (χ1n) is 8.88. The van der Waals surface area contributed by atoms with Crippen LogP contribution in [0.5, 0.6) is 0 Å². The lowest BCUT2D eigenvalue weighted by molar-refractivity contribution is 0.0590. The van der Waals surface area contributed by atoms with Gasteiger partial charge in [-0.15, -0.1) is 23.1 Å². The van der Waals surface area contributed by atoms with Crippen molar-refractivity contribution < 1.29 is 14.0 Å². The molecule has 0 saturated carbocycles. The van der Waals surface area contributed by atoms with Crippen LogP contribution in [-0.4, -0.2) is 52.0 Å². The predicted molar refractivity (Wildman–Crippen MR) is 107 cm³/mol. The fourth-order valence-corrected chi connectivity index (χ4v) is 5.80. The number of nitrogens with one attached hydrogen (secondary N) is 1. The normalized spacial score (nSPS) is 18.7. The van der Waals surface area contributed by atoms with E-state index in [1.54, 1.807) is 17.0 Å². The van der Waals surface area contributed by atoms with E-state index in [1.807, 2.05) is 34.2 Å². The van der Waals surface area contributed by atoms with E-state index in [4.69, 9.17) is 0 Å². The van der Waals surface area contributed by atoms with Crippen molar-refractivity contribution in [1.29, 1.82) is 0 Å². The summed E-state index contributed by atoms with van der Waals surface area (Å²) in [5.74, 6) is 0.634. The zero-order valence-electron chi connectivity index (χ0n) is 14.7. The van der Waals surface area contributed by atoms with Crippen molar-refractivity contribution in [3.63, 3.8) is 0 Å². The summed E-state index contributed by atoms with van der Waals surface area (Å²) in [7, 11) is 0. The molecule has 2 fully saturated rings. The molecule has 0 bridgehead atoms. The largest absolute Gasteiger partial charge is 0.324 e. The number of thioether (sulfide) groups is 1. The lowest BCUT2D eigenvalue weighted by Gasteiger charge is -2.43. The van der Waals surface area contributed by atoms with Crippen LogP contribution in [-0.2, 0) is 0 Å². The van der Waals surface area contributed by atoms with Crippen molar-refractivity contribution in [2.24, 2.45) is 0 Å². The minimum absolute atomic E-state index is 0.0904. The number of halogens is 1. The summed E-state index contributed by atoms with van der Waals surface area (Å²) in [6, 6.07) is 9.42. The number of amides is 3. The second kappa shape index (κ2) is 7.52. The van der Waals surface area contributed by atoms with Crippen LogP contribution in [0, 0.1) is 5.82 Å². The van der Waals surface area contributed by atoms with Gasteiger partial charge < -0.3 is 15.1 Å². The molecule has 1 spiro atoms. The molecule has 4 rings (SSSR count). The fraction of sp³-hybridized carbons (Fsp3) is 0.368. The molecule has 3 heterocycles. The maximum atomic E-state index is 13.3. The van der Waals surface area contributed by atoms with Crippen LogP contribution in [0.4, 0.5) is 14.9 Å². The molecule has 1 aromatic heterocycles. The quantitative estimate of drug-likeness (QED) is 0.818. The van der Waals surface area contributed by atoms with Gasteiger partial charge in [0.15, 0.2) is 0 Å². The molecule has 1 aromatic carbocycles. The number of urea groups is 1. The maximum absolute atomic E-state index is 13.3. The summed E-state index contributed by atoms with van der Waals surface area (Å²) < 4.78 is 13.3. The van der Waals surface area contributed by atoms with Gasteiger partial charge in [-0.3, -0.25) is 4.79 Å². The first kappa shape index (κ1) is 18.3. The van der Waals surface area contributed by atoms with Gasteiger partial charge in [0.25, 0.3) is 5.91 Å². The Morgan fingerprint density at radius 2 is 1.93 bits per heavy atom. The van der Waals surface area contributed by atoms with E-state index in [0.717, 1.165) is 30.0 Å². The van der Waals surface area contributed by atoms with Gasteiger partial charge in [0, 0.05) is 31.1 Å². The average Bonchev–Trinajstić information content (AvgIpc) is 3.32. The van der Waals surface area contributed by atoms with E-state index in [-0.39, 0.29) is 22.6 Å². The first-order chi connectivity index (χ1) is 13.1. The third-order valence-corrected chi connectivity index (χ3v) is 7.47. The Balaban J connectivity index is 1.40. The van der Waals surface area contributed by atoms with Gasteiger partial charge in [-0.25, -0.2) is 9.18 Å². The number of likely N-dealkylation sites (tertiary alicyclic amines) is 1. The minimum Gasteiger partial charge on any atom is -0.324 e. The SMILES string of the molecule is O=C(Nc1cccc(F)c1)N1CCC2(CC1)SCCN2C(=O)c1cccs1. The summed E-state index contributed by atoms with van der Waals surface area (Å²) >= 11 is 3.29. The molecule has 2 saturated heterocycles. The zero-order chi connectivity index (χ0) is 18.9. The second-order valence-electron chi connectivity index (χ2n) is 6.66. The van der Waals surface area contributed by atoms with Crippen LogP contribution in [0.1, 0.15) is 22.5 Å². The number of carbonyl (C=O) groups is 2. The second-order valence-corrected chi connectivity index (χ2v) is 9.06. The van der Waals surface area contributed by atoms with Gasteiger partial charge in [0.05, 0.1) is 9.75 Å². The Kier molecular flexibility index (Phi) is 5.10. The van der Waals surface area contributed by atoms with Gasteiger partial charge in [0.2, 0.25) is 0 Å². The number of rotatable bonds is 2. The van der Waals surface area contributed by atoms with Crippen LogP contribution in [0.15, 0.2) is 41.8 Å². The topological polar surface area (TPSA) is 52.7 Å². The Hall–Kier alpha value is -2.06. The first-order valence-corrected chi connectivity index (χ1v) is 10.7. The smallest absolute Gasteiger partial charge is 0.321 e. The van der Waals surface area contributed by atoms with E-state index < -0.39 is 0 Å². The molecule has 0 aliphatic carbocycles. The van der Waals surface area contributed by atoms with Crippen molar-refractivity contribution in [2.75, 3.05) is 30.7 Å². The standard InChI is InChI=1S/C19H20FN3O2S2/c20-14-3-1-4-15(13-14)21-18(25)22-8-6-19(7-9-22)23(10-12-27-19)17(24)16-5-2-11-26-16/h1-5,11,13H,6-10,12H2,(H,21,25). The highest BCUT2D eigenvalue weighted by atomic mass is 32.2. The van der Waals surface area contributed by atoms with Crippen LogP contribution in [0.2, 0.25) is 0 Å². The number of carbonyl (C=O) groups excluding carboxylic acids is 2. The van der Waals surface area contributed by atoms with E-state index >= 15 is 0 Å². The molecular weight excluding hydrogens is 385 g/mol. The molecule has 2 aromatic rings. The summed E-state index contributed by atoms with van der Waals surface area (Å²) in [5, 5.41) is 4.67. The molecule has 2 aliphatic rings. The van der Waals surface area contributed by atoms with Crippen LogP contribution in [0.25, 0.3) is 0 Å². The molecule has 0 atom stereocenters. The highest BCUT2D eigenvalue weighted by Crippen LogP contribution is 2.44. The van der Waals surface area contributed by atoms with E-state index in [9.17, 15) is 14.0 Å². The number of piperidine rings is 1. The van der Waals surface area contributed by atoms with Gasteiger partial charge in [0.1, 0.15) is 5.82 Å². The molecule has 0 unspecified atom stereocenters. The van der Waals surface area contributed by atoms with Crippen LogP contribution < -0.4 is 5.32 Å². The molecule has 3 amide bonds. The number of thiophene rings is 1. The van der Waals surface area contributed by atoms with Crippen molar-refractivity contribution >= 4 is 40.7 Å². The Morgan fingerprint density at radius 3 is 2.63 bits per heavy atom. The number of hydrogen-bond acceptors (Lipinski definition) is 4. The van der Waals surface area contributed by atoms with Crippen LogP contribution >= 0.6 is 23.1 Å². The predicted octanol–water partition coefficient (Wildman–Crippen LogP) is 4.10. The maximum Gasteiger partial charge on any atom is 0.321 e. The molecule has 5 nitrogen and oxygen atoms in total.